The normalized spacial score (nSPS) is 26.1. The fourth-order valence-corrected chi connectivity index (χ4v) is 2.79. The molecule has 0 amide bonds. The molecule has 0 aromatic heterocycles. The zero-order valence-electron chi connectivity index (χ0n) is 9.83. The molecule has 0 spiro atoms. The van der Waals surface area contributed by atoms with Crippen LogP contribution < -0.4 is 0 Å². The Morgan fingerprint density at radius 1 is 1.06 bits per heavy atom. The monoisotopic (exact) mass is 234 g/mol. The molecule has 1 aliphatic carbocycles. The number of hydrogen-bond acceptors (Lipinski definition) is 0. The van der Waals surface area contributed by atoms with E-state index in [0.717, 1.165) is 5.92 Å². The van der Waals surface area contributed by atoms with Crippen molar-refractivity contribution in [2.75, 3.05) is 0 Å². The molecule has 1 saturated carbocycles. The summed E-state index contributed by atoms with van der Waals surface area (Å²) >= 11 is 5.63. The van der Waals surface area contributed by atoms with E-state index in [4.69, 9.17) is 11.6 Å². The van der Waals surface area contributed by atoms with Gasteiger partial charge in [0.1, 0.15) is 0 Å². The van der Waals surface area contributed by atoms with Crippen LogP contribution >= 0.6 is 11.6 Å². The van der Waals surface area contributed by atoms with Gasteiger partial charge < -0.3 is 0 Å². The van der Waals surface area contributed by atoms with E-state index in [1.807, 2.05) is 0 Å². The van der Waals surface area contributed by atoms with Crippen molar-refractivity contribution in [1.29, 1.82) is 0 Å². The van der Waals surface area contributed by atoms with Gasteiger partial charge in [-0.3, -0.25) is 0 Å². The van der Waals surface area contributed by atoms with Gasteiger partial charge in [-0.1, -0.05) is 47.5 Å². The molecule has 0 saturated heterocycles. The molecule has 16 heavy (non-hydrogen) atoms. The second kappa shape index (κ2) is 5.54. The van der Waals surface area contributed by atoms with Crippen molar-refractivity contribution in [3.05, 3.63) is 47.0 Å². The summed E-state index contributed by atoms with van der Waals surface area (Å²) in [5.74, 6) is 1.47. The third kappa shape index (κ3) is 2.89. The molecule has 0 heterocycles. The third-order valence-corrected chi connectivity index (χ3v) is 3.81. The Bertz CT molecular complexity index is 342. The number of benzene rings is 1. The Labute approximate surface area is 103 Å². The zero-order chi connectivity index (χ0) is 11.4. The first-order valence-corrected chi connectivity index (χ1v) is 6.56. The van der Waals surface area contributed by atoms with Crippen molar-refractivity contribution in [1.82, 2.24) is 0 Å². The van der Waals surface area contributed by atoms with Crippen molar-refractivity contribution in [2.24, 2.45) is 5.92 Å². The minimum Gasteiger partial charge on any atom is -0.0933 e. The molecule has 2 rings (SSSR count). The van der Waals surface area contributed by atoms with Crippen molar-refractivity contribution < 1.29 is 0 Å². The highest BCUT2D eigenvalue weighted by atomic mass is 35.5. The lowest BCUT2D eigenvalue weighted by molar-refractivity contribution is 0.376. The largest absolute Gasteiger partial charge is 0.0933 e. The Balaban J connectivity index is 1.96. The maximum absolute atomic E-state index is 5.63. The summed E-state index contributed by atoms with van der Waals surface area (Å²) in [6, 6.07) is 9.02. The maximum Gasteiger partial charge on any atom is 0.000525 e. The predicted octanol–water partition coefficient (Wildman–Crippen LogP) is 5.02. The number of aryl methyl sites for hydroxylation is 1. The first-order chi connectivity index (χ1) is 7.79. The number of hydrogen-bond donors (Lipinski definition) is 0. The minimum atomic E-state index is 0.708. The van der Waals surface area contributed by atoms with Crippen molar-refractivity contribution in [3.8, 4) is 0 Å². The molecule has 1 aliphatic rings. The molecular formula is C15H19Cl. The second-order valence-corrected chi connectivity index (χ2v) is 5.09. The molecule has 1 aromatic rings. The van der Waals surface area contributed by atoms with E-state index in [1.165, 1.54) is 36.8 Å². The van der Waals surface area contributed by atoms with Gasteiger partial charge in [-0.05, 0) is 50.0 Å². The van der Waals surface area contributed by atoms with Gasteiger partial charge in [-0.15, -0.1) is 0 Å². The van der Waals surface area contributed by atoms with Gasteiger partial charge >= 0.3 is 0 Å². The molecule has 0 aliphatic heterocycles. The first-order valence-electron chi connectivity index (χ1n) is 6.13. The molecule has 1 heteroatoms. The van der Waals surface area contributed by atoms with Crippen LogP contribution in [0, 0.1) is 12.8 Å². The van der Waals surface area contributed by atoms with E-state index in [2.05, 4.69) is 37.3 Å². The fraction of sp³-hybridized carbons (Fsp3) is 0.467. The average molecular weight is 235 g/mol. The SMILES string of the molecule is Cc1ccc(C2CCC(C=CCl)CC2)cc1. The van der Waals surface area contributed by atoms with E-state index in [9.17, 15) is 0 Å². The predicted molar refractivity (Wildman–Crippen MR) is 70.9 cm³/mol. The smallest absolute Gasteiger partial charge is 0.000525 e. The van der Waals surface area contributed by atoms with Gasteiger partial charge in [-0.2, -0.15) is 0 Å². The van der Waals surface area contributed by atoms with Gasteiger partial charge in [0.25, 0.3) is 0 Å². The number of halogens is 1. The summed E-state index contributed by atoms with van der Waals surface area (Å²) in [7, 11) is 0. The Hall–Kier alpha value is -0.750. The molecule has 0 nitrogen and oxygen atoms in total. The van der Waals surface area contributed by atoms with Gasteiger partial charge in [-0.25, -0.2) is 0 Å². The van der Waals surface area contributed by atoms with Crippen LogP contribution in [-0.4, -0.2) is 0 Å². The van der Waals surface area contributed by atoms with Crippen LogP contribution in [0.5, 0.6) is 0 Å². The van der Waals surface area contributed by atoms with E-state index >= 15 is 0 Å². The van der Waals surface area contributed by atoms with Gasteiger partial charge in [0.15, 0.2) is 0 Å². The molecule has 1 fully saturated rings. The number of allylic oxidation sites excluding steroid dienone is 1. The highest BCUT2D eigenvalue weighted by Crippen LogP contribution is 2.36. The van der Waals surface area contributed by atoms with Crippen LogP contribution in [0.2, 0.25) is 0 Å². The van der Waals surface area contributed by atoms with Crippen LogP contribution in [0.15, 0.2) is 35.9 Å². The molecule has 1 aromatic carbocycles. The van der Waals surface area contributed by atoms with Crippen LogP contribution in [0.25, 0.3) is 0 Å². The van der Waals surface area contributed by atoms with Crippen molar-refractivity contribution in [2.45, 2.75) is 38.5 Å². The summed E-state index contributed by atoms with van der Waals surface area (Å²) in [6.45, 7) is 2.14. The van der Waals surface area contributed by atoms with Crippen LogP contribution in [0.1, 0.15) is 42.7 Å². The van der Waals surface area contributed by atoms with Gasteiger partial charge in [0.2, 0.25) is 0 Å². The molecule has 0 radical (unpaired) electrons. The molecule has 0 bridgehead atoms. The Kier molecular flexibility index (Phi) is 4.06. The standard InChI is InChI=1S/C15H19Cl/c1-12-2-6-14(7-3-12)15-8-4-13(5-9-15)10-11-16/h2-3,6-7,10-11,13,15H,4-5,8-9H2,1H3. The zero-order valence-corrected chi connectivity index (χ0v) is 10.6. The summed E-state index contributed by atoms with van der Waals surface area (Å²) in [5, 5.41) is 0. The quantitative estimate of drug-likeness (QED) is 0.674. The minimum absolute atomic E-state index is 0.708. The second-order valence-electron chi connectivity index (χ2n) is 4.84. The Morgan fingerprint density at radius 3 is 2.25 bits per heavy atom. The molecule has 0 unspecified atom stereocenters. The maximum atomic E-state index is 5.63. The molecule has 86 valence electrons. The lowest BCUT2D eigenvalue weighted by Crippen LogP contribution is -2.11. The first kappa shape index (κ1) is 11.7. The van der Waals surface area contributed by atoms with E-state index in [1.54, 1.807) is 5.54 Å². The Morgan fingerprint density at radius 2 is 1.69 bits per heavy atom. The number of rotatable bonds is 2. The van der Waals surface area contributed by atoms with Gasteiger partial charge in [0, 0.05) is 5.54 Å². The highest BCUT2D eigenvalue weighted by Gasteiger charge is 2.20. The lowest BCUT2D eigenvalue weighted by Gasteiger charge is -2.27. The lowest BCUT2D eigenvalue weighted by atomic mass is 9.79. The fourth-order valence-electron chi connectivity index (χ4n) is 2.59. The molecular weight excluding hydrogens is 216 g/mol. The molecule has 0 atom stereocenters. The van der Waals surface area contributed by atoms with Crippen LogP contribution in [-0.2, 0) is 0 Å². The van der Waals surface area contributed by atoms with Crippen LogP contribution in [0.4, 0.5) is 0 Å². The molecule has 0 N–H and O–H groups in total. The van der Waals surface area contributed by atoms with E-state index < -0.39 is 0 Å². The summed E-state index contributed by atoms with van der Waals surface area (Å²) in [6.07, 6.45) is 7.31. The summed E-state index contributed by atoms with van der Waals surface area (Å²) in [4.78, 5) is 0. The third-order valence-electron chi connectivity index (χ3n) is 3.67. The summed E-state index contributed by atoms with van der Waals surface area (Å²) in [5.41, 5.74) is 4.54. The van der Waals surface area contributed by atoms with Crippen LogP contribution in [0.3, 0.4) is 0 Å². The topological polar surface area (TPSA) is 0 Å². The van der Waals surface area contributed by atoms with Crippen molar-refractivity contribution >= 4 is 11.6 Å². The average Bonchev–Trinajstić information content (AvgIpc) is 2.32. The van der Waals surface area contributed by atoms with E-state index in [0.29, 0.717) is 5.92 Å². The van der Waals surface area contributed by atoms with Gasteiger partial charge in [0.05, 0.1) is 0 Å². The van der Waals surface area contributed by atoms with Crippen molar-refractivity contribution in [3.63, 3.8) is 0 Å². The highest BCUT2D eigenvalue weighted by molar-refractivity contribution is 6.25. The summed E-state index contributed by atoms with van der Waals surface area (Å²) < 4.78 is 0. The van der Waals surface area contributed by atoms with E-state index in [-0.39, 0.29) is 0 Å².